The van der Waals surface area contributed by atoms with Gasteiger partial charge in [-0.15, -0.1) is 0 Å². The van der Waals surface area contributed by atoms with Crippen LogP contribution in [0.25, 0.3) is 0 Å². The quantitative estimate of drug-likeness (QED) is 0.576. The van der Waals surface area contributed by atoms with Gasteiger partial charge in [0.15, 0.2) is 0 Å². The average molecular weight is 378 g/mol. The second-order valence-corrected chi connectivity index (χ2v) is 8.95. The van der Waals surface area contributed by atoms with Gasteiger partial charge in [-0.25, -0.2) is 8.42 Å². The van der Waals surface area contributed by atoms with Crippen LogP contribution in [0.2, 0.25) is 0 Å². The summed E-state index contributed by atoms with van der Waals surface area (Å²) in [6, 6.07) is 14.8. The maximum absolute atomic E-state index is 10.4. The molecule has 0 radical (unpaired) electrons. The summed E-state index contributed by atoms with van der Waals surface area (Å²) >= 11 is 0. The molecule has 0 fully saturated rings. The topological polar surface area (TPSA) is 57.2 Å². The molecule has 0 N–H and O–H groups in total. The van der Waals surface area contributed by atoms with Crippen molar-refractivity contribution in [2.24, 2.45) is 0 Å². The van der Waals surface area contributed by atoms with Crippen molar-refractivity contribution in [1.29, 1.82) is 0 Å². The number of hydrogen-bond acceptors (Lipinski definition) is 3. The first-order valence-corrected chi connectivity index (χ1v) is 10.3. The third-order valence-electron chi connectivity index (χ3n) is 4.42. The third kappa shape index (κ3) is 7.68. The Kier molecular flexibility index (Phi) is 8.00. The van der Waals surface area contributed by atoms with Gasteiger partial charge in [-0.3, -0.25) is 0 Å². The molecule has 0 unspecified atom stereocenters. The van der Waals surface area contributed by atoms with Crippen molar-refractivity contribution < 1.29 is 17.5 Å². The predicted molar refractivity (Wildman–Crippen MR) is 106 cm³/mol. The van der Waals surface area contributed by atoms with Crippen LogP contribution in [0, 0.1) is 6.92 Å². The summed E-state index contributed by atoms with van der Waals surface area (Å²) in [5.41, 5.74) is 3.80. The van der Waals surface area contributed by atoms with Crippen molar-refractivity contribution in [3.63, 3.8) is 0 Å². The smallest absolute Gasteiger partial charge is 0.124 e. The lowest BCUT2D eigenvalue weighted by Gasteiger charge is -2.28. The van der Waals surface area contributed by atoms with Gasteiger partial charge in [0.1, 0.15) is 16.7 Å². The minimum atomic E-state index is -4.27. The van der Waals surface area contributed by atoms with E-state index in [-0.39, 0.29) is 4.90 Å². The zero-order chi connectivity index (χ0) is 20.0. The van der Waals surface area contributed by atoms with Gasteiger partial charge < -0.3 is 9.04 Å². The first-order chi connectivity index (χ1) is 11.9. The molecule has 0 heterocycles. The van der Waals surface area contributed by atoms with E-state index in [2.05, 4.69) is 59.1 Å². The van der Waals surface area contributed by atoms with E-state index >= 15 is 0 Å². The van der Waals surface area contributed by atoms with E-state index in [4.69, 9.17) is 0 Å². The highest BCUT2D eigenvalue weighted by Crippen LogP contribution is 2.16. The van der Waals surface area contributed by atoms with E-state index in [1.54, 1.807) is 12.1 Å². The van der Waals surface area contributed by atoms with E-state index in [1.165, 1.54) is 29.8 Å². The van der Waals surface area contributed by atoms with Crippen molar-refractivity contribution in [3.8, 4) is 0 Å². The SMILES string of the molecule is CC[N+](C)(C)Cc1ccc(C(C)C)cc1.Cc1ccc(S(=O)(=O)[O-])cc1. The van der Waals surface area contributed by atoms with E-state index in [0.717, 1.165) is 16.6 Å². The van der Waals surface area contributed by atoms with Crippen LogP contribution < -0.4 is 0 Å². The van der Waals surface area contributed by atoms with Crippen LogP contribution >= 0.6 is 0 Å². The summed E-state index contributed by atoms with van der Waals surface area (Å²) in [5, 5.41) is 0. The number of hydrogen-bond donors (Lipinski definition) is 0. The first-order valence-electron chi connectivity index (χ1n) is 8.88. The number of benzene rings is 2. The molecule has 0 amide bonds. The molecule has 0 spiro atoms. The van der Waals surface area contributed by atoms with E-state index in [1.807, 2.05) is 6.92 Å². The molecule has 0 aliphatic carbocycles. The summed E-state index contributed by atoms with van der Waals surface area (Å²) in [6.45, 7) is 10.8. The molecule has 0 saturated heterocycles. The Hall–Kier alpha value is -1.69. The van der Waals surface area contributed by atoms with Gasteiger partial charge in [0.2, 0.25) is 0 Å². The summed E-state index contributed by atoms with van der Waals surface area (Å²) in [6.07, 6.45) is 0. The molecule has 2 aromatic rings. The Bertz CT molecular complexity index is 777. The Labute approximate surface area is 158 Å². The molecule has 0 atom stereocenters. The Balaban J connectivity index is 0.000000273. The van der Waals surface area contributed by atoms with Crippen LogP contribution in [0.5, 0.6) is 0 Å². The fourth-order valence-corrected chi connectivity index (χ4v) is 2.79. The lowest BCUT2D eigenvalue weighted by Crippen LogP contribution is -2.38. The summed E-state index contributed by atoms with van der Waals surface area (Å²) in [7, 11) is 0.279. The van der Waals surface area contributed by atoms with Crippen LogP contribution in [0.4, 0.5) is 0 Å². The highest BCUT2D eigenvalue weighted by molar-refractivity contribution is 7.85. The van der Waals surface area contributed by atoms with Crippen LogP contribution in [0.3, 0.4) is 0 Å². The molecule has 2 aromatic carbocycles. The van der Waals surface area contributed by atoms with Gasteiger partial charge in [0.05, 0.1) is 25.5 Å². The van der Waals surface area contributed by atoms with E-state index in [9.17, 15) is 13.0 Å². The number of aryl methyl sites for hydroxylation is 1. The molecule has 26 heavy (non-hydrogen) atoms. The molecule has 0 aromatic heterocycles. The predicted octanol–water partition coefficient (Wildman–Crippen LogP) is 4.31. The van der Waals surface area contributed by atoms with Crippen molar-refractivity contribution in [1.82, 2.24) is 0 Å². The number of nitrogens with zero attached hydrogens (tertiary/aromatic N) is 1. The molecular weight excluding hydrogens is 346 g/mol. The Morgan fingerprint density at radius 2 is 1.46 bits per heavy atom. The maximum atomic E-state index is 10.4. The molecule has 0 aliphatic heterocycles. The zero-order valence-corrected chi connectivity index (χ0v) is 17.5. The molecule has 2 rings (SSSR count). The summed E-state index contributed by atoms with van der Waals surface area (Å²) in [4.78, 5) is -0.178. The largest absolute Gasteiger partial charge is 0.744 e. The molecule has 0 aliphatic rings. The molecule has 0 bridgehead atoms. The van der Waals surface area contributed by atoms with Crippen LogP contribution in [-0.2, 0) is 16.7 Å². The first kappa shape index (κ1) is 22.4. The lowest BCUT2D eigenvalue weighted by atomic mass is 10.0. The number of rotatable bonds is 5. The summed E-state index contributed by atoms with van der Waals surface area (Å²) in [5.74, 6) is 0.632. The molecule has 4 nitrogen and oxygen atoms in total. The van der Waals surface area contributed by atoms with Gasteiger partial charge in [0, 0.05) is 5.56 Å². The maximum Gasteiger partial charge on any atom is 0.124 e. The number of quaternary nitrogens is 1. The van der Waals surface area contributed by atoms with Gasteiger partial charge in [-0.1, -0.05) is 55.8 Å². The molecule has 5 heteroatoms. The Morgan fingerprint density at radius 3 is 1.85 bits per heavy atom. The summed E-state index contributed by atoms with van der Waals surface area (Å²) < 4.78 is 32.2. The van der Waals surface area contributed by atoms with E-state index in [0.29, 0.717) is 5.92 Å². The van der Waals surface area contributed by atoms with Gasteiger partial charge in [-0.2, -0.15) is 0 Å². The second kappa shape index (κ2) is 9.31. The van der Waals surface area contributed by atoms with Crippen LogP contribution in [-0.4, -0.2) is 38.1 Å². The standard InChI is InChI=1S/C14H24N.C7H8O3S/c1-6-15(4,5)11-13-7-9-14(10-8-13)12(2)3;1-6-2-4-7(5-3-6)11(8,9)10/h7-10,12H,6,11H2,1-5H3;2-5H,1H3,(H,8,9,10)/q+1;/p-1. The van der Waals surface area contributed by atoms with Gasteiger partial charge >= 0.3 is 0 Å². The minimum Gasteiger partial charge on any atom is -0.744 e. The molecule has 144 valence electrons. The third-order valence-corrected chi connectivity index (χ3v) is 5.27. The van der Waals surface area contributed by atoms with Crippen molar-refractivity contribution in [3.05, 3.63) is 65.2 Å². The normalized spacial score (nSPS) is 11.8. The monoisotopic (exact) mass is 377 g/mol. The zero-order valence-electron chi connectivity index (χ0n) is 16.7. The second-order valence-electron chi connectivity index (χ2n) is 7.57. The van der Waals surface area contributed by atoms with Crippen molar-refractivity contribution in [2.45, 2.75) is 45.1 Å². The average Bonchev–Trinajstić information content (AvgIpc) is 2.55. The molecule has 0 saturated carbocycles. The van der Waals surface area contributed by atoms with Crippen molar-refractivity contribution in [2.75, 3.05) is 20.6 Å². The minimum absolute atomic E-state index is 0.178. The van der Waals surface area contributed by atoms with Crippen molar-refractivity contribution >= 4 is 10.1 Å². The highest BCUT2D eigenvalue weighted by atomic mass is 32.2. The van der Waals surface area contributed by atoms with Crippen LogP contribution in [0.15, 0.2) is 53.4 Å². The Morgan fingerprint density at radius 1 is 0.962 bits per heavy atom. The van der Waals surface area contributed by atoms with Gasteiger partial charge in [-0.05, 0) is 37.5 Å². The molecular formula is C21H31NO3S. The fourth-order valence-electron chi connectivity index (χ4n) is 2.32. The lowest BCUT2D eigenvalue weighted by molar-refractivity contribution is -0.901. The van der Waals surface area contributed by atoms with E-state index < -0.39 is 10.1 Å². The fraction of sp³-hybridized carbons (Fsp3) is 0.429. The highest BCUT2D eigenvalue weighted by Gasteiger charge is 2.12. The van der Waals surface area contributed by atoms with Crippen LogP contribution in [0.1, 0.15) is 43.4 Å². The van der Waals surface area contributed by atoms with Gasteiger partial charge in [0.25, 0.3) is 0 Å².